The predicted octanol–water partition coefficient (Wildman–Crippen LogP) is 3.73. The van der Waals surface area contributed by atoms with Gasteiger partial charge < -0.3 is 20.5 Å². The van der Waals surface area contributed by atoms with E-state index in [0.29, 0.717) is 23.1 Å². The van der Waals surface area contributed by atoms with Crippen LogP contribution in [0.3, 0.4) is 0 Å². The molecular weight excluding hydrogens is 459 g/mol. The summed E-state index contributed by atoms with van der Waals surface area (Å²) >= 11 is 0.625. The second-order valence-electron chi connectivity index (χ2n) is 7.06. The topological polar surface area (TPSA) is 110 Å². The SMILES string of the molecule is C[C@H]1C(c2ccccc2)[C@]1(NS(=O)(=O)c1ccc(N2C=C(C(F)(F)F)O[N-]2)s1)C(=O)O. The molecular formula is C18H15F3N3O5S2-. The van der Waals surface area contributed by atoms with Gasteiger partial charge in [0.15, 0.2) is 0 Å². The molecule has 4 rings (SSSR count). The molecule has 0 saturated heterocycles. The smallest absolute Gasteiger partial charge is 0.449 e. The van der Waals surface area contributed by atoms with Gasteiger partial charge in [0.05, 0.1) is 5.00 Å². The van der Waals surface area contributed by atoms with Gasteiger partial charge in [-0.15, -0.1) is 11.3 Å². The van der Waals surface area contributed by atoms with E-state index in [2.05, 4.69) is 15.1 Å². The van der Waals surface area contributed by atoms with Crippen LogP contribution in [0.4, 0.5) is 18.2 Å². The largest absolute Gasteiger partial charge is 0.566 e. The Hall–Kier alpha value is -2.61. The lowest BCUT2D eigenvalue weighted by atomic mass is 10.1. The normalized spacial score (nSPS) is 25.8. The van der Waals surface area contributed by atoms with Gasteiger partial charge in [0.2, 0.25) is 5.76 Å². The first-order valence-electron chi connectivity index (χ1n) is 8.85. The summed E-state index contributed by atoms with van der Waals surface area (Å²) in [5.74, 6) is -3.73. The molecule has 2 heterocycles. The number of alkyl halides is 3. The van der Waals surface area contributed by atoms with Gasteiger partial charge >= 0.3 is 12.1 Å². The zero-order chi connectivity index (χ0) is 22.6. The Balaban J connectivity index is 1.59. The van der Waals surface area contributed by atoms with Gasteiger partial charge in [-0.3, -0.25) is 4.79 Å². The molecule has 1 unspecified atom stereocenters. The number of benzene rings is 1. The molecule has 0 amide bonds. The number of carbonyl (C=O) groups is 1. The molecule has 1 saturated carbocycles. The molecule has 1 aromatic carbocycles. The molecule has 13 heteroatoms. The third-order valence-corrected chi connectivity index (χ3v) is 8.27. The van der Waals surface area contributed by atoms with Gasteiger partial charge in [0.25, 0.3) is 10.0 Å². The van der Waals surface area contributed by atoms with E-state index in [-0.39, 0.29) is 9.21 Å². The lowest BCUT2D eigenvalue weighted by Gasteiger charge is -2.26. The Bertz CT molecular complexity index is 1150. The molecule has 1 aromatic heterocycles. The van der Waals surface area contributed by atoms with Crippen molar-refractivity contribution in [3.63, 3.8) is 0 Å². The molecule has 2 aromatic rings. The van der Waals surface area contributed by atoms with Crippen LogP contribution in [0.2, 0.25) is 0 Å². The number of thiophene rings is 1. The highest BCUT2D eigenvalue weighted by molar-refractivity contribution is 7.91. The number of anilines is 1. The molecule has 2 N–H and O–H groups in total. The standard InChI is InChI=1S/C18H15F3N3O5S2/c1-10-15(11-5-3-2-4-6-11)17(10,16(25)26)22-31(27,28)14-8-7-13(30-14)24-9-12(29-23-24)18(19,20)21/h2-10,15,22H,1H3,(H,25,26)/q-1/t10-,15?,17-/m0/s1. The molecule has 1 aliphatic carbocycles. The van der Waals surface area contributed by atoms with Gasteiger partial charge in [0, 0.05) is 12.1 Å². The van der Waals surface area contributed by atoms with Crippen molar-refractivity contribution in [2.45, 2.75) is 28.8 Å². The number of sulfonamides is 1. The molecule has 0 bridgehead atoms. The first-order chi connectivity index (χ1) is 14.5. The van der Waals surface area contributed by atoms with Crippen molar-refractivity contribution in [2.75, 3.05) is 5.01 Å². The summed E-state index contributed by atoms with van der Waals surface area (Å²) in [7, 11) is -4.29. The average Bonchev–Trinajstić information content (AvgIpc) is 3.13. The Morgan fingerprint density at radius 2 is 1.94 bits per heavy atom. The van der Waals surface area contributed by atoms with Crippen LogP contribution in [0.15, 0.2) is 58.6 Å². The van der Waals surface area contributed by atoms with Gasteiger partial charge in [-0.2, -0.15) is 17.9 Å². The van der Waals surface area contributed by atoms with E-state index in [4.69, 9.17) is 0 Å². The maximum absolute atomic E-state index is 12.9. The highest BCUT2D eigenvalue weighted by atomic mass is 32.2. The molecule has 3 atom stereocenters. The molecule has 0 spiro atoms. The zero-order valence-corrected chi connectivity index (χ0v) is 17.3. The van der Waals surface area contributed by atoms with Crippen molar-refractivity contribution >= 4 is 32.3 Å². The number of carboxylic acids is 1. The Labute approximate surface area is 178 Å². The van der Waals surface area contributed by atoms with Crippen LogP contribution in [0.5, 0.6) is 0 Å². The van der Waals surface area contributed by atoms with Crippen LogP contribution in [-0.4, -0.2) is 31.2 Å². The predicted molar refractivity (Wildman–Crippen MR) is 104 cm³/mol. The van der Waals surface area contributed by atoms with Crippen LogP contribution in [-0.2, 0) is 19.7 Å². The fourth-order valence-electron chi connectivity index (χ4n) is 3.63. The summed E-state index contributed by atoms with van der Waals surface area (Å²) < 4.78 is 66.0. The van der Waals surface area contributed by atoms with Crippen LogP contribution in [0, 0.1) is 5.92 Å². The first kappa shape index (κ1) is 21.6. The van der Waals surface area contributed by atoms with E-state index >= 15 is 0 Å². The van der Waals surface area contributed by atoms with E-state index < -0.39 is 45.3 Å². The Morgan fingerprint density at radius 1 is 1.26 bits per heavy atom. The van der Waals surface area contributed by atoms with Crippen molar-refractivity contribution in [3.05, 3.63) is 65.6 Å². The van der Waals surface area contributed by atoms with Crippen LogP contribution >= 0.6 is 11.3 Å². The Morgan fingerprint density at radius 3 is 2.52 bits per heavy atom. The molecule has 8 nitrogen and oxygen atoms in total. The minimum atomic E-state index is -4.74. The van der Waals surface area contributed by atoms with Crippen molar-refractivity contribution in [3.8, 4) is 0 Å². The number of hydrogen-bond donors (Lipinski definition) is 2. The number of halogens is 3. The van der Waals surface area contributed by atoms with Crippen LogP contribution in [0.25, 0.3) is 5.59 Å². The molecule has 0 radical (unpaired) electrons. The third kappa shape index (κ3) is 3.67. The lowest BCUT2D eigenvalue weighted by molar-refractivity contribution is -0.140. The first-order valence-corrected chi connectivity index (χ1v) is 11.1. The van der Waals surface area contributed by atoms with Crippen LogP contribution < -0.4 is 9.73 Å². The molecule has 1 fully saturated rings. The highest BCUT2D eigenvalue weighted by Crippen LogP contribution is 2.58. The van der Waals surface area contributed by atoms with Crippen molar-refractivity contribution < 1.29 is 36.3 Å². The average molecular weight is 474 g/mol. The van der Waals surface area contributed by atoms with E-state index in [1.54, 1.807) is 37.3 Å². The third-order valence-electron chi connectivity index (χ3n) is 5.22. The maximum atomic E-state index is 12.9. The minimum Gasteiger partial charge on any atom is -0.566 e. The maximum Gasteiger partial charge on any atom is 0.449 e. The van der Waals surface area contributed by atoms with Crippen molar-refractivity contribution in [2.24, 2.45) is 5.92 Å². The lowest BCUT2D eigenvalue weighted by Crippen LogP contribution is -2.45. The van der Waals surface area contributed by atoms with Crippen molar-refractivity contribution in [1.82, 2.24) is 4.72 Å². The molecule has 1 aliphatic heterocycles. The summed E-state index contributed by atoms with van der Waals surface area (Å²) in [6.45, 7) is 1.64. The number of carboxylic acid groups (broad SMARTS) is 1. The van der Waals surface area contributed by atoms with Gasteiger partial charge in [-0.25, -0.2) is 8.42 Å². The van der Waals surface area contributed by atoms with Gasteiger partial charge in [-0.1, -0.05) is 37.3 Å². The number of nitrogens with zero attached hydrogens (tertiary/aromatic N) is 2. The van der Waals surface area contributed by atoms with E-state index in [0.717, 1.165) is 11.1 Å². The number of aliphatic carboxylic acids is 1. The zero-order valence-electron chi connectivity index (χ0n) is 15.7. The number of nitrogens with one attached hydrogen (secondary N) is 1. The minimum absolute atomic E-state index is 0.0486. The summed E-state index contributed by atoms with van der Waals surface area (Å²) in [5, 5.41) is 10.6. The summed E-state index contributed by atoms with van der Waals surface area (Å²) in [6, 6.07) is 11.1. The summed E-state index contributed by atoms with van der Waals surface area (Å²) in [5.41, 5.74) is 2.21. The molecule has 31 heavy (non-hydrogen) atoms. The van der Waals surface area contributed by atoms with E-state index in [1.165, 1.54) is 6.07 Å². The molecule has 2 aliphatic rings. The van der Waals surface area contributed by atoms with Crippen LogP contribution in [0.1, 0.15) is 18.4 Å². The van der Waals surface area contributed by atoms with Gasteiger partial charge in [0.1, 0.15) is 9.75 Å². The second-order valence-corrected chi connectivity index (χ2v) is 10.0. The van der Waals surface area contributed by atoms with Crippen molar-refractivity contribution in [1.29, 1.82) is 0 Å². The van der Waals surface area contributed by atoms with E-state index in [9.17, 15) is 31.5 Å². The summed E-state index contributed by atoms with van der Waals surface area (Å²) in [6.07, 6.45) is -4.16. The summed E-state index contributed by atoms with van der Waals surface area (Å²) in [4.78, 5) is 16.3. The van der Waals surface area contributed by atoms with Gasteiger partial charge in [-0.05, 0) is 23.6 Å². The number of allylic oxidation sites excluding steroid dienone is 1. The fraction of sp³-hybridized carbons (Fsp3) is 0.278. The highest BCUT2D eigenvalue weighted by Gasteiger charge is 2.70. The second kappa shape index (κ2) is 7.22. The number of hydrogen-bond acceptors (Lipinski definition) is 6. The number of rotatable bonds is 6. The quantitative estimate of drug-likeness (QED) is 0.660. The monoisotopic (exact) mass is 474 g/mol. The Kier molecular flexibility index (Phi) is 5.04. The van der Waals surface area contributed by atoms with E-state index in [1.807, 2.05) is 0 Å². The fourth-order valence-corrected chi connectivity index (χ4v) is 6.30. The molecule has 166 valence electrons.